The molecule has 2 saturated heterocycles. The van der Waals surface area contributed by atoms with Crippen LogP contribution in [0.1, 0.15) is 51.0 Å². The Morgan fingerprint density at radius 3 is 2.49 bits per heavy atom. The molecule has 2 aromatic rings. The van der Waals surface area contributed by atoms with Crippen molar-refractivity contribution in [2.75, 3.05) is 12.4 Å². The Bertz CT molecular complexity index is 1310. The number of rotatable bonds is 9. The number of fused-ring (bicyclic) bond motifs is 1. The Labute approximate surface area is 241 Å². The molecule has 3 amide bonds. The fourth-order valence-electron chi connectivity index (χ4n) is 7.27. The van der Waals surface area contributed by atoms with Crippen molar-refractivity contribution in [3.8, 4) is 5.75 Å². The smallest absolute Gasteiger partial charge is 0.246 e. The molecule has 3 heterocycles. The summed E-state index contributed by atoms with van der Waals surface area (Å²) >= 11 is 0. The van der Waals surface area contributed by atoms with Crippen LogP contribution in [0.15, 0.2) is 66.7 Å². The van der Waals surface area contributed by atoms with Crippen molar-refractivity contribution in [1.82, 2.24) is 10.2 Å². The molecule has 2 bridgehead atoms. The summed E-state index contributed by atoms with van der Waals surface area (Å²) in [6.45, 7) is 2.00. The van der Waals surface area contributed by atoms with E-state index in [0.717, 1.165) is 32.1 Å². The van der Waals surface area contributed by atoms with Crippen molar-refractivity contribution in [1.29, 1.82) is 0 Å². The maximum atomic E-state index is 14.3. The third-order valence-electron chi connectivity index (χ3n) is 9.34. The molecule has 3 aliphatic heterocycles. The van der Waals surface area contributed by atoms with Crippen LogP contribution < -0.4 is 15.4 Å². The second kappa shape index (κ2) is 11.3. The lowest BCUT2D eigenvalue weighted by atomic mass is 9.74. The average molecular weight is 558 g/mol. The van der Waals surface area contributed by atoms with Crippen molar-refractivity contribution in [3.05, 3.63) is 72.3 Å². The predicted molar refractivity (Wildman–Crippen MR) is 155 cm³/mol. The van der Waals surface area contributed by atoms with Crippen LogP contribution in [-0.2, 0) is 25.5 Å². The molecular weight excluding hydrogens is 518 g/mol. The van der Waals surface area contributed by atoms with E-state index in [1.54, 1.807) is 36.3 Å². The molecule has 2 N–H and O–H groups in total. The number of amides is 3. The molecule has 6 rings (SSSR count). The van der Waals surface area contributed by atoms with E-state index in [2.05, 4.69) is 22.8 Å². The lowest BCUT2D eigenvalue weighted by molar-refractivity contribution is -0.143. The maximum Gasteiger partial charge on any atom is 0.246 e. The second-order valence-corrected chi connectivity index (χ2v) is 11.9. The first kappa shape index (κ1) is 27.5. The van der Waals surface area contributed by atoms with E-state index in [9.17, 15) is 14.4 Å². The van der Waals surface area contributed by atoms with Gasteiger partial charge < -0.3 is 25.0 Å². The highest BCUT2D eigenvalue weighted by Gasteiger charge is 2.73. The van der Waals surface area contributed by atoms with Gasteiger partial charge in [0.1, 0.15) is 17.4 Å². The average Bonchev–Trinajstić information content (AvgIpc) is 3.64. The van der Waals surface area contributed by atoms with E-state index in [0.29, 0.717) is 17.9 Å². The fourth-order valence-corrected chi connectivity index (χ4v) is 7.27. The summed E-state index contributed by atoms with van der Waals surface area (Å²) in [6.07, 6.45) is 9.90. The lowest BCUT2D eigenvalue weighted by Crippen LogP contribution is -2.58. The van der Waals surface area contributed by atoms with Gasteiger partial charge in [-0.2, -0.15) is 0 Å². The number of anilines is 1. The summed E-state index contributed by atoms with van der Waals surface area (Å²) in [6, 6.07) is 16.3. The number of ether oxygens (including phenoxy) is 2. The van der Waals surface area contributed by atoms with E-state index in [4.69, 9.17) is 9.47 Å². The number of likely N-dealkylation sites (tertiary alicyclic amines) is 1. The largest absolute Gasteiger partial charge is 0.497 e. The fraction of sp³-hybridized carbons (Fsp3) is 0.485. The van der Waals surface area contributed by atoms with E-state index < -0.39 is 29.6 Å². The van der Waals surface area contributed by atoms with Crippen LogP contribution in [0, 0.1) is 11.8 Å². The van der Waals surface area contributed by atoms with Crippen LogP contribution in [0.2, 0.25) is 0 Å². The Kier molecular flexibility index (Phi) is 7.60. The number of methoxy groups -OCH3 is 1. The molecule has 0 radical (unpaired) electrons. The van der Waals surface area contributed by atoms with Gasteiger partial charge in [-0.3, -0.25) is 14.4 Å². The molecule has 3 fully saturated rings. The van der Waals surface area contributed by atoms with Crippen LogP contribution in [0.5, 0.6) is 5.75 Å². The zero-order valence-corrected chi connectivity index (χ0v) is 23.8. The number of aryl methyl sites for hydroxylation is 1. The van der Waals surface area contributed by atoms with E-state index in [-0.39, 0.29) is 29.8 Å². The molecule has 8 nitrogen and oxygen atoms in total. The number of nitrogens with zero attached hydrogens (tertiary/aromatic N) is 1. The van der Waals surface area contributed by atoms with Crippen molar-refractivity contribution in [2.45, 2.75) is 81.7 Å². The molecule has 6 unspecified atom stereocenters. The zero-order valence-electron chi connectivity index (χ0n) is 23.8. The minimum atomic E-state index is -1.16. The van der Waals surface area contributed by atoms with Crippen molar-refractivity contribution in [2.24, 2.45) is 11.8 Å². The molecule has 1 spiro atoms. The summed E-state index contributed by atoms with van der Waals surface area (Å²) in [5, 5.41) is 6.24. The monoisotopic (exact) mass is 557 g/mol. The molecule has 1 saturated carbocycles. The number of hydrogen-bond donors (Lipinski definition) is 2. The van der Waals surface area contributed by atoms with E-state index in [1.807, 2.05) is 37.3 Å². The Balaban J connectivity index is 1.28. The number of carbonyl (C=O) groups excluding carboxylic acids is 3. The number of hydrogen-bond acceptors (Lipinski definition) is 5. The summed E-state index contributed by atoms with van der Waals surface area (Å²) in [5.41, 5.74) is 0.631. The molecule has 4 aliphatic rings. The highest BCUT2D eigenvalue weighted by atomic mass is 16.5. The van der Waals surface area contributed by atoms with E-state index >= 15 is 0 Å². The molecule has 6 atom stereocenters. The van der Waals surface area contributed by atoms with Gasteiger partial charge in [-0.05, 0) is 62.4 Å². The van der Waals surface area contributed by atoms with Gasteiger partial charge in [-0.15, -0.1) is 0 Å². The summed E-state index contributed by atoms with van der Waals surface area (Å²) in [5.74, 6) is -1.46. The van der Waals surface area contributed by atoms with Gasteiger partial charge in [0.15, 0.2) is 0 Å². The van der Waals surface area contributed by atoms with Gasteiger partial charge in [-0.25, -0.2) is 0 Å². The number of nitrogens with one attached hydrogen (secondary N) is 2. The van der Waals surface area contributed by atoms with Gasteiger partial charge >= 0.3 is 0 Å². The number of benzene rings is 2. The van der Waals surface area contributed by atoms with E-state index in [1.165, 1.54) is 12.0 Å². The van der Waals surface area contributed by atoms with Crippen molar-refractivity contribution in [3.63, 3.8) is 0 Å². The zero-order chi connectivity index (χ0) is 28.6. The minimum Gasteiger partial charge on any atom is -0.497 e. The third kappa shape index (κ3) is 5.03. The standard InChI is InChI=1S/C33H39N3O5/c1-21(13-14-22-9-5-3-6-10-22)36-29(31(38)35-23-11-7-4-8-12-23)33-20-19-26(41-33)27(28(33)32(36)39)30(37)34-24-15-17-25(40-2)18-16-24/h3,5-6,9-10,15-21,23,26-29H,4,7-8,11-14H2,1-2H3,(H,34,37)(H,35,38). The third-order valence-corrected chi connectivity index (χ3v) is 9.34. The first-order valence-corrected chi connectivity index (χ1v) is 14.9. The minimum absolute atomic E-state index is 0.0972. The van der Waals surface area contributed by atoms with Crippen LogP contribution in [0.3, 0.4) is 0 Å². The van der Waals surface area contributed by atoms with Gasteiger partial charge in [0.05, 0.1) is 25.0 Å². The summed E-state index contributed by atoms with van der Waals surface area (Å²) < 4.78 is 11.7. The number of carbonyl (C=O) groups is 3. The highest BCUT2D eigenvalue weighted by molar-refractivity contribution is 6.03. The van der Waals surface area contributed by atoms with Gasteiger partial charge in [0, 0.05) is 17.8 Å². The lowest BCUT2D eigenvalue weighted by Gasteiger charge is -2.36. The second-order valence-electron chi connectivity index (χ2n) is 11.9. The van der Waals surface area contributed by atoms with Crippen LogP contribution in [-0.4, -0.2) is 59.6 Å². The molecule has 0 aromatic heterocycles. The van der Waals surface area contributed by atoms with Gasteiger partial charge in [-0.1, -0.05) is 61.7 Å². The van der Waals surface area contributed by atoms with Gasteiger partial charge in [0.25, 0.3) is 0 Å². The molecule has 1 aliphatic carbocycles. The predicted octanol–water partition coefficient (Wildman–Crippen LogP) is 4.25. The highest BCUT2D eigenvalue weighted by Crippen LogP contribution is 2.56. The van der Waals surface area contributed by atoms with Crippen LogP contribution in [0.4, 0.5) is 5.69 Å². The molecule has 216 valence electrons. The molecule has 41 heavy (non-hydrogen) atoms. The molecular formula is C33H39N3O5. The topological polar surface area (TPSA) is 97.0 Å². The van der Waals surface area contributed by atoms with Crippen LogP contribution in [0.25, 0.3) is 0 Å². The molecule has 8 heteroatoms. The Hall–Kier alpha value is -3.65. The van der Waals surface area contributed by atoms with Crippen molar-refractivity contribution < 1.29 is 23.9 Å². The maximum absolute atomic E-state index is 14.3. The first-order valence-electron chi connectivity index (χ1n) is 14.9. The van der Waals surface area contributed by atoms with Gasteiger partial charge in [0.2, 0.25) is 17.7 Å². The quantitative estimate of drug-likeness (QED) is 0.450. The Morgan fingerprint density at radius 1 is 1.05 bits per heavy atom. The van der Waals surface area contributed by atoms with Crippen LogP contribution >= 0.6 is 0 Å². The summed E-state index contributed by atoms with van der Waals surface area (Å²) in [7, 11) is 1.59. The summed E-state index contributed by atoms with van der Waals surface area (Å²) in [4.78, 5) is 43.8. The SMILES string of the molecule is COc1ccc(NC(=O)C2C3C=CC4(O3)C2C(=O)N(C(C)CCc2ccccc2)C4C(=O)NC2CCCCC2)cc1. The molecule has 2 aromatic carbocycles. The first-order chi connectivity index (χ1) is 19.9. The normalized spacial score (nSPS) is 29.3. The van der Waals surface area contributed by atoms with Crippen molar-refractivity contribution >= 4 is 23.4 Å². The Morgan fingerprint density at radius 2 is 1.78 bits per heavy atom.